The summed E-state index contributed by atoms with van der Waals surface area (Å²) in [4.78, 5) is 28.8. The summed E-state index contributed by atoms with van der Waals surface area (Å²) in [6.45, 7) is 4.41. The van der Waals surface area contributed by atoms with Gasteiger partial charge in [0.25, 0.3) is 5.56 Å². The molecule has 3 aromatic rings. The highest BCUT2D eigenvalue weighted by Crippen LogP contribution is 2.21. The van der Waals surface area contributed by atoms with Crippen LogP contribution in [0.4, 0.5) is 5.69 Å². The molecular weight excluding hydrogens is 342 g/mol. The number of H-pyrrole nitrogens is 1. The largest absolute Gasteiger partial charge is 0.399 e. The van der Waals surface area contributed by atoms with Crippen molar-refractivity contribution < 1.29 is 4.79 Å². The summed E-state index contributed by atoms with van der Waals surface area (Å²) in [6, 6.07) is 7.65. The van der Waals surface area contributed by atoms with Crippen molar-refractivity contribution in [2.24, 2.45) is 7.05 Å². The maximum atomic E-state index is 12.2. The smallest absolute Gasteiger partial charge is 0.273 e. The maximum absolute atomic E-state index is 12.2. The minimum atomic E-state index is -0.147. The first-order valence-electron chi connectivity index (χ1n) is 9.02. The Morgan fingerprint density at radius 2 is 1.93 bits per heavy atom. The van der Waals surface area contributed by atoms with E-state index < -0.39 is 0 Å². The van der Waals surface area contributed by atoms with E-state index >= 15 is 0 Å². The molecule has 0 saturated carbocycles. The summed E-state index contributed by atoms with van der Waals surface area (Å²) in [7, 11) is 1.77. The topological polar surface area (TPSA) is 106 Å². The second-order valence-electron chi connectivity index (χ2n) is 6.84. The predicted octanol–water partition coefficient (Wildman–Crippen LogP) is 1.75. The number of amides is 1. The van der Waals surface area contributed by atoms with Gasteiger partial charge in [0.1, 0.15) is 0 Å². The monoisotopic (exact) mass is 367 g/mol. The number of carbonyl (C=O) groups is 1. The van der Waals surface area contributed by atoms with Crippen LogP contribution >= 0.6 is 0 Å². The first kappa shape index (κ1) is 18.7. The fraction of sp³-hybridized carbons (Fsp3) is 0.350. The number of benzene rings is 1. The molecule has 0 bridgehead atoms. The zero-order valence-electron chi connectivity index (χ0n) is 15.9. The molecule has 2 heterocycles. The van der Waals surface area contributed by atoms with Gasteiger partial charge in [-0.15, -0.1) is 0 Å². The van der Waals surface area contributed by atoms with Crippen molar-refractivity contribution in [3.63, 3.8) is 0 Å². The number of carbonyl (C=O) groups excluding carboxylic acids is 1. The third-order valence-electron chi connectivity index (χ3n) is 4.89. The number of hydrogen-bond acceptors (Lipinski definition) is 4. The molecule has 3 rings (SSSR count). The third kappa shape index (κ3) is 4.02. The van der Waals surface area contributed by atoms with Crippen molar-refractivity contribution in [2.45, 2.75) is 33.1 Å². The first-order valence-corrected chi connectivity index (χ1v) is 9.02. The van der Waals surface area contributed by atoms with Crippen LogP contribution in [0.5, 0.6) is 0 Å². The van der Waals surface area contributed by atoms with Crippen molar-refractivity contribution in [1.29, 1.82) is 0 Å². The van der Waals surface area contributed by atoms with Crippen molar-refractivity contribution in [3.8, 4) is 0 Å². The number of pyridine rings is 1. The van der Waals surface area contributed by atoms with E-state index in [-0.39, 0.29) is 11.5 Å². The van der Waals surface area contributed by atoms with Crippen molar-refractivity contribution in [2.75, 3.05) is 12.3 Å². The Labute approximate surface area is 157 Å². The molecule has 0 fully saturated rings. The number of hydrogen-bond donors (Lipinski definition) is 3. The van der Waals surface area contributed by atoms with E-state index in [1.807, 2.05) is 38.1 Å². The lowest BCUT2D eigenvalue weighted by Gasteiger charge is -2.11. The van der Waals surface area contributed by atoms with Gasteiger partial charge >= 0.3 is 0 Å². The molecule has 1 amide bonds. The van der Waals surface area contributed by atoms with Crippen molar-refractivity contribution in [3.05, 3.63) is 57.0 Å². The summed E-state index contributed by atoms with van der Waals surface area (Å²) in [5.74, 6) is -0.00804. The summed E-state index contributed by atoms with van der Waals surface area (Å²) in [5.41, 5.74) is 10.7. The average Bonchev–Trinajstić information content (AvgIpc) is 2.90. The number of nitrogens with zero attached hydrogens (tertiary/aromatic N) is 2. The van der Waals surface area contributed by atoms with Crippen LogP contribution in [-0.4, -0.2) is 27.2 Å². The second kappa shape index (κ2) is 7.65. The second-order valence-corrected chi connectivity index (χ2v) is 6.84. The Hall–Kier alpha value is -3.09. The lowest BCUT2D eigenvalue weighted by atomic mass is 10.00. The molecule has 2 aromatic heterocycles. The molecule has 142 valence electrons. The molecule has 0 unspecified atom stereocenters. The zero-order chi connectivity index (χ0) is 19.6. The van der Waals surface area contributed by atoms with Crippen LogP contribution in [0, 0.1) is 13.8 Å². The van der Waals surface area contributed by atoms with Crippen LogP contribution in [-0.2, 0) is 24.7 Å². The molecule has 0 aliphatic heterocycles. The average molecular weight is 367 g/mol. The summed E-state index contributed by atoms with van der Waals surface area (Å²) < 4.78 is 1.63. The highest BCUT2D eigenvalue weighted by atomic mass is 16.1. The standard InChI is InChI=1S/C20H25N5O2/c1-12-16(13(2)23-19-18(12)20(27)24-25(19)3)8-9-17(26)22-11-10-14-4-6-15(21)7-5-14/h4-7H,8-11,21H2,1-3H3,(H,22,26)(H,24,27). The SMILES string of the molecule is Cc1nc2c(c(C)c1CCC(=O)NCCc1ccc(N)cc1)c(=O)[nH]n2C. The molecule has 0 aliphatic carbocycles. The van der Waals surface area contributed by atoms with Gasteiger partial charge in [-0.25, -0.2) is 4.98 Å². The molecule has 7 nitrogen and oxygen atoms in total. The highest BCUT2D eigenvalue weighted by molar-refractivity contribution is 5.81. The summed E-state index contributed by atoms with van der Waals surface area (Å²) >= 11 is 0. The molecular formula is C20H25N5O2. The predicted molar refractivity (Wildman–Crippen MR) is 107 cm³/mol. The Morgan fingerprint density at radius 1 is 1.22 bits per heavy atom. The Kier molecular flexibility index (Phi) is 5.30. The normalized spacial score (nSPS) is 11.1. The van der Waals surface area contributed by atoms with E-state index in [0.717, 1.165) is 34.5 Å². The minimum absolute atomic E-state index is 0.00804. The molecule has 0 spiro atoms. The van der Waals surface area contributed by atoms with Crippen LogP contribution in [0.1, 0.15) is 28.8 Å². The van der Waals surface area contributed by atoms with E-state index in [1.54, 1.807) is 11.7 Å². The van der Waals surface area contributed by atoms with Gasteiger partial charge in [0.15, 0.2) is 5.65 Å². The van der Waals surface area contributed by atoms with Crippen LogP contribution in [0.15, 0.2) is 29.1 Å². The molecule has 0 radical (unpaired) electrons. The zero-order valence-corrected chi connectivity index (χ0v) is 15.9. The lowest BCUT2D eigenvalue weighted by Crippen LogP contribution is -2.26. The van der Waals surface area contributed by atoms with E-state index in [0.29, 0.717) is 30.4 Å². The number of nitrogens with two attached hydrogens (primary N) is 1. The summed E-state index contributed by atoms with van der Waals surface area (Å²) in [5, 5.41) is 6.28. The quantitative estimate of drug-likeness (QED) is 0.577. The number of aryl methyl sites for hydroxylation is 3. The van der Waals surface area contributed by atoms with E-state index in [4.69, 9.17) is 5.73 Å². The van der Waals surface area contributed by atoms with Gasteiger partial charge in [-0.05, 0) is 55.5 Å². The van der Waals surface area contributed by atoms with Gasteiger partial charge < -0.3 is 11.1 Å². The van der Waals surface area contributed by atoms with Gasteiger partial charge in [0.05, 0.1) is 5.39 Å². The maximum Gasteiger partial charge on any atom is 0.273 e. The van der Waals surface area contributed by atoms with Crippen molar-refractivity contribution >= 4 is 22.6 Å². The Balaban J connectivity index is 1.61. The van der Waals surface area contributed by atoms with E-state index in [9.17, 15) is 9.59 Å². The molecule has 27 heavy (non-hydrogen) atoms. The summed E-state index contributed by atoms with van der Waals surface area (Å²) in [6.07, 6.45) is 1.68. The fourth-order valence-electron chi connectivity index (χ4n) is 3.37. The Bertz CT molecular complexity index is 1030. The van der Waals surface area contributed by atoms with Gasteiger partial charge in [-0.3, -0.25) is 19.4 Å². The van der Waals surface area contributed by atoms with E-state index in [2.05, 4.69) is 15.4 Å². The number of aromatic nitrogens is 3. The lowest BCUT2D eigenvalue weighted by molar-refractivity contribution is -0.121. The Morgan fingerprint density at radius 3 is 2.63 bits per heavy atom. The molecule has 7 heteroatoms. The molecule has 4 N–H and O–H groups in total. The van der Waals surface area contributed by atoms with Crippen molar-refractivity contribution in [1.82, 2.24) is 20.1 Å². The highest BCUT2D eigenvalue weighted by Gasteiger charge is 2.15. The van der Waals surface area contributed by atoms with Gasteiger partial charge in [-0.1, -0.05) is 12.1 Å². The number of anilines is 1. The molecule has 0 saturated heterocycles. The van der Waals surface area contributed by atoms with E-state index in [1.165, 1.54) is 0 Å². The minimum Gasteiger partial charge on any atom is -0.399 e. The van der Waals surface area contributed by atoms with Gasteiger partial charge in [0.2, 0.25) is 5.91 Å². The van der Waals surface area contributed by atoms with Crippen LogP contribution < -0.4 is 16.6 Å². The van der Waals surface area contributed by atoms with Gasteiger partial charge in [0, 0.05) is 31.4 Å². The van der Waals surface area contributed by atoms with Crippen LogP contribution in [0.3, 0.4) is 0 Å². The number of rotatable bonds is 6. The number of nitrogen functional groups attached to an aromatic ring is 1. The van der Waals surface area contributed by atoms with Crippen LogP contribution in [0.2, 0.25) is 0 Å². The molecule has 0 atom stereocenters. The third-order valence-corrected chi connectivity index (χ3v) is 4.89. The molecule has 0 aliphatic rings. The number of nitrogens with one attached hydrogen (secondary N) is 2. The number of fused-ring (bicyclic) bond motifs is 1. The number of aromatic amines is 1. The van der Waals surface area contributed by atoms with Gasteiger partial charge in [-0.2, -0.15) is 0 Å². The molecule has 1 aromatic carbocycles. The fourth-order valence-corrected chi connectivity index (χ4v) is 3.37. The van der Waals surface area contributed by atoms with Crippen LogP contribution in [0.25, 0.3) is 11.0 Å². The first-order chi connectivity index (χ1) is 12.9.